The molecule has 1 fully saturated rings. The summed E-state index contributed by atoms with van der Waals surface area (Å²) in [6, 6.07) is -1.12. The van der Waals surface area contributed by atoms with Crippen molar-refractivity contribution in [1.82, 2.24) is 5.32 Å². The molecule has 0 radical (unpaired) electrons. The van der Waals surface area contributed by atoms with Gasteiger partial charge in [0.2, 0.25) is 5.91 Å². The van der Waals surface area contributed by atoms with Crippen molar-refractivity contribution in [3.05, 3.63) is 24.3 Å². The number of carbonyl (C=O) groups is 1. The monoisotopic (exact) mass is 864 g/mol. The molecule has 1 amide bonds. The highest BCUT2D eigenvalue weighted by Gasteiger charge is 2.48. The van der Waals surface area contributed by atoms with E-state index in [2.05, 4.69) is 35.5 Å². The second kappa shape index (κ2) is 36.1. The van der Waals surface area contributed by atoms with Crippen molar-refractivity contribution in [1.29, 1.82) is 0 Å². The summed E-state index contributed by atoms with van der Waals surface area (Å²) in [5.41, 5.74) is 0. The highest BCUT2D eigenvalue weighted by atomic mass is 32.3. The van der Waals surface area contributed by atoms with E-state index in [-0.39, 0.29) is 6.42 Å². The second-order valence-electron chi connectivity index (χ2n) is 16.5. The fourth-order valence-corrected chi connectivity index (χ4v) is 7.83. The molecule has 1 saturated heterocycles. The molecular formula is C45H85NO12S. The first-order chi connectivity index (χ1) is 28.4. The van der Waals surface area contributed by atoms with Crippen LogP contribution in [0.2, 0.25) is 0 Å². The minimum absolute atomic E-state index is 0.228. The Bertz CT molecular complexity index is 1170. The number of hydrogen-bond acceptors (Lipinski definition) is 11. The number of aliphatic hydroxyl groups is 5. The molecule has 0 aromatic carbocycles. The lowest BCUT2D eigenvalue weighted by molar-refractivity contribution is -0.298. The lowest BCUT2D eigenvalue weighted by atomic mass is 9.99. The average molecular weight is 864 g/mol. The minimum atomic E-state index is -5.12. The third kappa shape index (κ3) is 28.7. The standard InChI is InChI=1S/C45H85NO12S/c1-3-5-7-9-11-13-15-16-17-18-19-20-21-22-23-24-26-27-29-31-33-38(48)37(46-44(52)39(49)34-32-30-28-25-14-12-10-8-6-4-2)36-56-45-42(51)43(58-59(53,54)55)41(50)40(35-47)57-45/h10,12,31,33,37-43,45,47-51H,3-9,11,13-30,32,34-36H2,1-2H3,(H,46,52)(H,53,54,55)/b12-10-,33-31+. The first kappa shape index (κ1) is 55.6. The molecule has 348 valence electrons. The van der Waals surface area contributed by atoms with Gasteiger partial charge in [0.05, 0.1) is 25.4 Å². The van der Waals surface area contributed by atoms with Gasteiger partial charge in [0, 0.05) is 0 Å². The van der Waals surface area contributed by atoms with Gasteiger partial charge in [0.15, 0.2) is 6.29 Å². The van der Waals surface area contributed by atoms with Crippen LogP contribution in [0.5, 0.6) is 0 Å². The molecule has 0 aromatic rings. The van der Waals surface area contributed by atoms with Crippen molar-refractivity contribution in [2.45, 2.75) is 243 Å². The van der Waals surface area contributed by atoms with E-state index < -0.39 is 78.5 Å². The first-order valence-corrected chi connectivity index (χ1v) is 24.7. The van der Waals surface area contributed by atoms with Crippen molar-refractivity contribution in [2.75, 3.05) is 13.2 Å². The Kier molecular flexibility index (Phi) is 34.0. The van der Waals surface area contributed by atoms with Gasteiger partial charge in [-0.05, 0) is 38.5 Å². The molecule has 1 aliphatic heterocycles. The number of allylic oxidation sites excluding steroid dienone is 3. The van der Waals surface area contributed by atoms with Gasteiger partial charge in [0.1, 0.15) is 30.5 Å². The molecule has 1 aliphatic rings. The Hall–Kier alpha value is -1.46. The maximum absolute atomic E-state index is 13.1. The molecular weight excluding hydrogens is 779 g/mol. The molecule has 8 unspecified atom stereocenters. The fourth-order valence-electron chi connectivity index (χ4n) is 7.32. The van der Waals surface area contributed by atoms with Crippen LogP contribution in [0.3, 0.4) is 0 Å². The van der Waals surface area contributed by atoms with Gasteiger partial charge in [-0.2, -0.15) is 8.42 Å². The molecule has 1 heterocycles. The lowest BCUT2D eigenvalue weighted by Crippen LogP contribution is -2.61. The van der Waals surface area contributed by atoms with Crippen LogP contribution in [0, 0.1) is 0 Å². The van der Waals surface area contributed by atoms with E-state index in [0.29, 0.717) is 12.8 Å². The summed E-state index contributed by atoms with van der Waals surface area (Å²) >= 11 is 0. The third-order valence-corrected chi connectivity index (χ3v) is 11.5. The Morgan fingerprint density at radius 3 is 1.63 bits per heavy atom. The minimum Gasteiger partial charge on any atom is -0.394 e. The van der Waals surface area contributed by atoms with Crippen molar-refractivity contribution in [3.63, 3.8) is 0 Å². The maximum atomic E-state index is 13.1. The van der Waals surface area contributed by atoms with Crippen LogP contribution in [0.4, 0.5) is 0 Å². The number of rotatable bonds is 39. The molecule has 1 rings (SSSR count). The van der Waals surface area contributed by atoms with E-state index in [1.807, 2.05) is 6.08 Å². The van der Waals surface area contributed by atoms with Crippen molar-refractivity contribution >= 4 is 16.3 Å². The highest BCUT2D eigenvalue weighted by Crippen LogP contribution is 2.26. The normalized spacial score (nSPS) is 21.7. The highest BCUT2D eigenvalue weighted by molar-refractivity contribution is 7.80. The molecule has 0 bridgehead atoms. The smallest absolute Gasteiger partial charge is 0.394 e. The molecule has 59 heavy (non-hydrogen) atoms. The summed E-state index contributed by atoms with van der Waals surface area (Å²) in [6.07, 6.45) is 28.5. The van der Waals surface area contributed by atoms with Gasteiger partial charge < -0.3 is 40.3 Å². The Labute approximate surface area is 357 Å². The van der Waals surface area contributed by atoms with Crippen molar-refractivity contribution in [2.24, 2.45) is 0 Å². The van der Waals surface area contributed by atoms with Crippen LogP contribution in [0.25, 0.3) is 0 Å². The SMILES string of the molecule is CCCC/C=C\CCCCCCC(O)C(=O)NC(COC1OC(CO)C(O)C(OS(=O)(=O)O)C1O)C(O)/C=C/CCCCCCCCCCCCCCCCCCCC. The zero-order valence-electron chi connectivity index (χ0n) is 36.7. The van der Waals surface area contributed by atoms with Crippen LogP contribution in [-0.4, -0.2) is 107 Å². The predicted molar refractivity (Wildman–Crippen MR) is 233 cm³/mol. The summed E-state index contributed by atoms with van der Waals surface area (Å²) < 4.78 is 47.4. The van der Waals surface area contributed by atoms with Crippen molar-refractivity contribution < 1.29 is 57.0 Å². The molecule has 13 nitrogen and oxygen atoms in total. The number of carbonyl (C=O) groups excluding carboxylic acids is 1. The molecule has 0 spiro atoms. The zero-order chi connectivity index (χ0) is 43.6. The topological polar surface area (TPSA) is 212 Å². The number of hydrogen-bond donors (Lipinski definition) is 7. The van der Waals surface area contributed by atoms with Crippen LogP contribution >= 0.6 is 0 Å². The maximum Gasteiger partial charge on any atom is 0.397 e. The van der Waals surface area contributed by atoms with Gasteiger partial charge in [-0.1, -0.05) is 179 Å². The Morgan fingerprint density at radius 1 is 0.678 bits per heavy atom. The fraction of sp³-hybridized carbons (Fsp3) is 0.889. The zero-order valence-corrected chi connectivity index (χ0v) is 37.5. The molecule has 7 N–H and O–H groups in total. The summed E-state index contributed by atoms with van der Waals surface area (Å²) in [5, 5.41) is 55.1. The van der Waals surface area contributed by atoms with Crippen LogP contribution in [0.1, 0.15) is 194 Å². The van der Waals surface area contributed by atoms with Crippen LogP contribution in [-0.2, 0) is 28.9 Å². The summed E-state index contributed by atoms with van der Waals surface area (Å²) in [5.74, 6) is -0.713. The molecule has 14 heteroatoms. The number of aliphatic hydroxyl groups excluding tert-OH is 5. The molecule has 0 aromatic heterocycles. The second-order valence-corrected chi connectivity index (χ2v) is 17.5. The predicted octanol–water partition coefficient (Wildman–Crippen LogP) is 7.91. The summed E-state index contributed by atoms with van der Waals surface area (Å²) in [7, 11) is -5.12. The molecule has 0 aliphatic carbocycles. The first-order valence-electron chi connectivity index (χ1n) is 23.3. The quantitative estimate of drug-likeness (QED) is 0.0179. The summed E-state index contributed by atoms with van der Waals surface area (Å²) in [6.45, 7) is 3.16. The summed E-state index contributed by atoms with van der Waals surface area (Å²) in [4.78, 5) is 13.1. The van der Waals surface area contributed by atoms with E-state index in [9.17, 15) is 38.7 Å². The van der Waals surface area contributed by atoms with E-state index in [1.165, 1.54) is 115 Å². The number of unbranched alkanes of at least 4 members (excludes halogenated alkanes) is 24. The lowest BCUT2D eigenvalue weighted by Gasteiger charge is -2.41. The van der Waals surface area contributed by atoms with Crippen LogP contribution in [0.15, 0.2) is 24.3 Å². The molecule has 8 atom stereocenters. The molecule has 0 saturated carbocycles. The Balaban J connectivity index is 2.55. The van der Waals surface area contributed by atoms with E-state index in [1.54, 1.807) is 0 Å². The van der Waals surface area contributed by atoms with E-state index in [0.717, 1.165) is 51.4 Å². The van der Waals surface area contributed by atoms with Gasteiger partial charge >= 0.3 is 10.4 Å². The van der Waals surface area contributed by atoms with Crippen LogP contribution < -0.4 is 5.32 Å². The van der Waals surface area contributed by atoms with Gasteiger partial charge in [-0.3, -0.25) is 9.35 Å². The van der Waals surface area contributed by atoms with Gasteiger partial charge in [-0.25, -0.2) is 4.18 Å². The number of amides is 1. The van der Waals surface area contributed by atoms with Gasteiger partial charge in [0.25, 0.3) is 0 Å². The largest absolute Gasteiger partial charge is 0.397 e. The van der Waals surface area contributed by atoms with E-state index in [4.69, 9.17) is 14.0 Å². The van der Waals surface area contributed by atoms with Gasteiger partial charge in [-0.15, -0.1) is 0 Å². The Morgan fingerprint density at radius 2 is 1.14 bits per heavy atom. The number of nitrogens with one attached hydrogen (secondary N) is 1. The van der Waals surface area contributed by atoms with E-state index >= 15 is 0 Å². The number of ether oxygens (including phenoxy) is 2. The third-order valence-electron chi connectivity index (χ3n) is 11.1. The average Bonchev–Trinajstić information content (AvgIpc) is 3.20. The van der Waals surface area contributed by atoms with Crippen molar-refractivity contribution in [3.8, 4) is 0 Å².